The first-order chi connectivity index (χ1) is 10.2. The summed E-state index contributed by atoms with van der Waals surface area (Å²) in [5.41, 5.74) is 8.90. The molecule has 1 heterocycles. The molecular weight excluding hydrogens is 263 g/mol. The molecule has 1 fully saturated rings. The van der Waals surface area contributed by atoms with E-state index in [0.717, 1.165) is 25.2 Å². The van der Waals surface area contributed by atoms with E-state index in [1.54, 1.807) is 6.07 Å². The lowest BCUT2D eigenvalue weighted by atomic mass is 9.99. The van der Waals surface area contributed by atoms with Crippen molar-refractivity contribution in [3.63, 3.8) is 0 Å². The molecule has 1 aliphatic rings. The van der Waals surface area contributed by atoms with Crippen LogP contribution in [-0.4, -0.2) is 13.1 Å². The van der Waals surface area contributed by atoms with E-state index < -0.39 is 0 Å². The summed E-state index contributed by atoms with van der Waals surface area (Å²) in [5, 5.41) is 0. The Bertz CT molecular complexity index is 610. The lowest BCUT2D eigenvalue weighted by Crippen LogP contribution is -2.23. The van der Waals surface area contributed by atoms with Gasteiger partial charge in [0.2, 0.25) is 0 Å². The highest BCUT2D eigenvalue weighted by Gasteiger charge is 2.26. The Labute approximate surface area is 125 Å². The van der Waals surface area contributed by atoms with Crippen LogP contribution in [0.5, 0.6) is 0 Å². The van der Waals surface area contributed by atoms with E-state index in [4.69, 9.17) is 5.73 Å². The van der Waals surface area contributed by atoms with Crippen LogP contribution in [0.4, 0.5) is 10.1 Å². The van der Waals surface area contributed by atoms with Gasteiger partial charge in [0, 0.05) is 36.3 Å². The minimum absolute atomic E-state index is 0.203. The summed E-state index contributed by atoms with van der Waals surface area (Å²) in [7, 11) is 0. The zero-order chi connectivity index (χ0) is 14.8. The van der Waals surface area contributed by atoms with Crippen molar-refractivity contribution in [2.24, 2.45) is 5.73 Å². The summed E-state index contributed by atoms with van der Waals surface area (Å²) in [5.74, 6) is 0.307. The molecule has 3 heteroatoms. The summed E-state index contributed by atoms with van der Waals surface area (Å²) in [6.45, 7) is 3.71. The van der Waals surface area contributed by atoms with Gasteiger partial charge in [0.05, 0.1) is 0 Å². The molecule has 2 nitrogen and oxygen atoms in total. The third-order valence-electron chi connectivity index (χ3n) is 4.29. The number of hydrogen-bond acceptors (Lipinski definition) is 2. The monoisotopic (exact) mass is 284 g/mol. The average Bonchev–Trinajstić information content (AvgIpc) is 2.97. The Morgan fingerprint density at radius 1 is 1.14 bits per heavy atom. The molecule has 0 saturated carbocycles. The third kappa shape index (κ3) is 2.79. The van der Waals surface area contributed by atoms with Crippen molar-refractivity contribution in [1.29, 1.82) is 0 Å². The van der Waals surface area contributed by atoms with E-state index in [0.29, 0.717) is 11.5 Å². The molecule has 2 atom stereocenters. The van der Waals surface area contributed by atoms with Gasteiger partial charge in [-0.3, -0.25) is 0 Å². The van der Waals surface area contributed by atoms with Gasteiger partial charge < -0.3 is 10.6 Å². The first-order valence-electron chi connectivity index (χ1n) is 7.50. The highest BCUT2D eigenvalue weighted by atomic mass is 19.1. The summed E-state index contributed by atoms with van der Waals surface area (Å²) < 4.78 is 14.1. The van der Waals surface area contributed by atoms with Crippen molar-refractivity contribution < 1.29 is 4.39 Å². The number of benzene rings is 2. The van der Waals surface area contributed by atoms with Gasteiger partial charge in [-0.1, -0.05) is 36.4 Å². The molecule has 0 radical (unpaired) electrons. The Morgan fingerprint density at radius 2 is 1.90 bits per heavy atom. The third-order valence-corrected chi connectivity index (χ3v) is 4.29. The first-order valence-corrected chi connectivity index (χ1v) is 7.50. The summed E-state index contributed by atoms with van der Waals surface area (Å²) in [6, 6.07) is 15.5. The van der Waals surface area contributed by atoms with Crippen LogP contribution in [0.15, 0.2) is 48.5 Å². The Balaban J connectivity index is 1.86. The number of halogens is 1. The van der Waals surface area contributed by atoms with Gasteiger partial charge in [-0.15, -0.1) is 0 Å². The number of rotatable bonds is 3. The maximum atomic E-state index is 14.1. The molecule has 0 amide bonds. The Hall–Kier alpha value is -1.87. The van der Waals surface area contributed by atoms with Crippen LogP contribution in [-0.2, 0) is 0 Å². The van der Waals surface area contributed by atoms with Gasteiger partial charge in [0.1, 0.15) is 5.82 Å². The van der Waals surface area contributed by atoms with Gasteiger partial charge in [-0.05, 0) is 31.0 Å². The van der Waals surface area contributed by atoms with Gasteiger partial charge in [0.15, 0.2) is 0 Å². The largest absolute Gasteiger partial charge is 0.371 e. The van der Waals surface area contributed by atoms with Crippen LogP contribution < -0.4 is 10.6 Å². The quantitative estimate of drug-likeness (QED) is 0.928. The highest BCUT2D eigenvalue weighted by molar-refractivity contribution is 5.56. The molecule has 2 aromatic rings. The fourth-order valence-corrected chi connectivity index (χ4v) is 3.23. The Kier molecular flexibility index (Phi) is 3.93. The smallest absolute Gasteiger partial charge is 0.130 e. The maximum Gasteiger partial charge on any atom is 0.130 e. The standard InChI is InChI=1S/C18H21FN2/c1-13(20)18-16(19)8-5-9-17(18)21-11-10-15(12-21)14-6-3-2-4-7-14/h2-9,13,15H,10-12,20H2,1H3/t13-,15?/m0/s1. The van der Waals surface area contributed by atoms with Crippen molar-refractivity contribution in [3.05, 3.63) is 65.5 Å². The van der Waals surface area contributed by atoms with Crippen LogP contribution in [0.3, 0.4) is 0 Å². The fourth-order valence-electron chi connectivity index (χ4n) is 3.23. The van der Waals surface area contributed by atoms with Crippen LogP contribution in [0.1, 0.15) is 36.4 Å². The zero-order valence-corrected chi connectivity index (χ0v) is 12.3. The molecule has 0 aromatic heterocycles. The minimum Gasteiger partial charge on any atom is -0.371 e. The highest BCUT2D eigenvalue weighted by Crippen LogP contribution is 2.35. The zero-order valence-electron chi connectivity index (χ0n) is 12.3. The van der Waals surface area contributed by atoms with E-state index >= 15 is 0 Å². The molecule has 2 aromatic carbocycles. The van der Waals surface area contributed by atoms with E-state index in [2.05, 4.69) is 29.2 Å². The van der Waals surface area contributed by atoms with Crippen molar-refractivity contribution in [3.8, 4) is 0 Å². The normalized spacial score (nSPS) is 19.8. The van der Waals surface area contributed by atoms with Gasteiger partial charge in [-0.2, -0.15) is 0 Å². The van der Waals surface area contributed by atoms with E-state index in [9.17, 15) is 4.39 Å². The average molecular weight is 284 g/mol. The fraction of sp³-hybridized carbons (Fsp3) is 0.333. The topological polar surface area (TPSA) is 29.3 Å². The van der Waals surface area contributed by atoms with Crippen molar-refractivity contribution >= 4 is 5.69 Å². The van der Waals surface area contributed by atoms with Crippen LogP contribution in [0.2, 0.25) is 0 Å². The maximum absolute atomic E-state index is 14.1. The molecule has 21 heavy (non-hydrogen) atoms. The summed E-state index contributed by atoms with van der Waals surface area (Å²) in [4.78, 5) is 2.26. The minimum atomic E-state index is -0.294. The summed E-state index contributed by atoms with van der Waals surface area (Å²) >= 11 is 0. The summed E-state index contributed by atoms with van der Waals surface area (Å²) in [6.07, 6.45) is 1.10. The van der Waals surface area contributed by atoms with Crippen molar-refractivity contribution in [1.82, 2.24) is 0 Å². The molecule has 1 unspecified atom stereocenters. The number of hydrogen-bond donors (Lipinski definition) is 1. The number of anilines is 1. The molecule has 1 saturated heterocycles. The molecule has 1 aliphatic heterocycles. The lowest BCUT2D eigenvalue weighted by Gasteiger charge is -2.24. The predicted octanol–water partition coefficient (Wildman–Crippen LogP) is 3.84. The van der Waals surface area contributed by atoms with E-state index in [1.165, 1.54) is 11.6 Å². The van der Waals surface area contributed by atoms with E-state index in [1.807, 2.05) is 19.1 Å². The van der Waals surface area contributed by atoms with Gasteiger partial charge in [0.25, 0.3) is 0 Å². The molecule has 0 bridgehead atoms. The molecule has 3 rings (SSSR count). The second-order valence-corrected chi connectivity index (χ2v) is 5.80. The molecule has 0 aliphatic carbocycles. The van der Waals surface area contributed by atoms with Gasteiger partial charge in [-0.25, -0.2) is 4.39 Å². The lowest BCUT2D eigenvalue weighted by molar-refractivity contribution is 0.592. The van der Waals surface area contributed by atoms with Crippen molar-refractivity contribution in [2.75, 3.05) is 18.0 Å². The predicted molar refractivity (Wildman–Crippen MR) is 85.0 cm³/mol. The molecular formula is C18H21FN2. The SMILES string of the molecule is C[C@H](N)c1c(F)cccc1N1CCC(c2ccccc2)C1. The van der Waals surface area contributed by atoms with E-state index in [-0.39, 0.29) is 11.9 Å². The van der Waals surface area contributed by atoms with Crippen LogP contribution in [0, 0.1) is 5.82 Å². The van der Waals surface area contributed by atoms with Crippen LogP contribution >= 0.6 is 0 Å². The second kappa shape index (κ2) is 5.86. The van der Waals surface area contributed by atoms with Crippen molar-refractivity contribution in [2.45, 2.75) is 25.3 Å². The van der Waals surface area contributed by atoms with Gasteiger partial charge >= 0.3 is 0 Å². The molecule has 110 valence electrons. The first kappa shape index (κ1) is 14.1. The van der Waals surface area contributed by atoms with Crippen LogP contribution in [0.25, 0.3) is 0 Å². The Morgan fingerprint density at radius 3 is 2.62 bits per heavy atom. The molecule has 0 spiro atoms. The number of nitrogens with zero attached hydrogens (tertiary/aromatic N) is 1. The second-order valence-electron chi connectivity index (χ2n) is 5.80. The molecule has 2 N–H and O–H groups in total. The number of nitrogens with two attached hydrogens (primary N) is 1.